The minimum absolute atomic E-state index is 0.0591. The fourth-order valence-corrected chi connectivity index (χ4v) is 4.73. The Morgan fingerprint density at radius 2 is 1.24 bits per heavy atom. The first-order valence-electron chi connectivity index (χ1n) is 16.5. The van der Waals surface area contributed by atoms with Gasteiger partial charge in [0.15, 0.2) is 6.29 Å². The van der Waals surface area contributed by atoms with E-state index in [1.54, 1.807) is 25.4 Å². The average Bonchev–Trinajstić information content (AvgIpc) is 3.67. The maximum Gasteiger partial charge on any atom is 0.338 e. The molecule has 0 aliphatic heterocycles. The second-order valence-electron chi connectivity index (χ2n) is 11.9. The van der Waals surface area contributed by atoms with Gasteiger partial charge in [-0.15, -0.1) is 0 Å². The second-order valence-corrected chi connectivity index (χ2v) is 11.9. The Morgan fingerprint density at radius 3 is 1.64 bits per heavy atom. The lowest BCUT2D eigenvalue weighted by Gasteiger charge is -2.16. The van der Waals surface area contributed by atoms with Gasteiger partial charge >= 0.3 is 17.9 Å². The van der Waals surface area contributed by atoms with Gasteiger partial charge in [0.1, 0.15) is 6.23 Å². The van der Waals surface area contributed by atoms with Crippen LogP contribution in [-0.4, -0.2) is 115 Å². The number of H-pyrrole nitrogens is 1. The molecule has 24 nitrogen and oxygen atoms in total. The number of methoxy groups -OCH3 is 5. The standard InChI is InChI=1S/C12H14N2O8.C10H10N2O2.C8H6N2O6.C5H13NO/c1-20-11(21-2)6-8-9(12(15)22-3)4-7(13(16)17)5-10(8)14(18)19;1-14-10(13)8-4-6(11)5-9-7(8)2-3-12-9;1-4-6(8(11)12)2-5(9(13)14)3-7(4)10(15)16;1-5(7-4)6(2)3/h4-5,11H,6H2,1-3H3;2-5,12H,11H2,1H3;2-3H,1H3,(H,11,12);5H,1-4H3. The number of benzene rings is 3. The van der Waals surface area contributed by atoms with Crippen LogP contribution in [0.3, 0.4) is 0 Å². The van der Waals surface area contributed by atoms with Crippen LogP contribution in [0.25, 0.3) is 10.9 Å². The van der Waals surface area contributed by atoms with Gasteiger partial charge in [-0.3, -0.25) is 45.4 Å². The number of ether oxygens (including phenoxy) is 5. The van der Waals surface area contributed by atoms with Crippen LogP contribution in [0, 0.1) is 47.4 Å². The number of nitrogen functional groups attached to an aromatic ring is 1. The van der Waals surface area contributed by atoms with Crippen LogP contribution in [-0.2, 0) is 30.1 Å². The van der Waals surface area contributed by atoms with Gasteiger partial charge in [-0.25, -0.2) is 14.4 Å². The van der Waals surface area contributed by atoms with Gasteiger partial charge in [0.25, 0.3) is 22.7 Å². The molecule has 4 aromatic rings. The molecule has 0 aliphatic rings. The second kappa shape index (κ2) is 23.2. The summed E-state index contributed by atoms with van der Waals surface area (Å²) in [6.07, 6.45) is 0.992. The monoisotopic (exact) mass is 833 g/mol. The number of hydrogen-bond acceptors (Lipinski definition) is 18. The number of nitrogens with zero attached hydrogens (tertiary/aromatic N) is 5. The van der Waals surface area contributed by atoms with E-state index >= 15 is 0 Å². The largest absolute Gasteiger partial charge is 0.478 e. The van der Waals surface area contributed by atoms with Crippen LogP contribution in [0.1, 0.15) is 49.1 Å². The molecular weight excluding hydrogens is 790 g/mol. The minimum Gasteiger partial charge on any atom is -0.478 e. The van der Waals surface area contributed by atoms with Crippen molar-refractivity contribution in [3.05, 3.63) is 117 Å². The summed E-state index contributed by atoms with van der Waals surface area (Å²) in [6, 6.07) is 8.46. The van der Waals surface area contributed by atoms with E-state index in [0.29, 0.717) is 11.3 Å². The lowest BCUT2D eigenvalue weighted by atomic mass is 10.0. The molecule has 1 heterocycles. The predicted molar refractivity (Wildman–Crippen MR) is 208 cm³/mol. The third-order valence-electron chi connectivity index (χ3n) is 8.09. The van der Waals surface area contributed by atoms with Crippen molar-refractivity contribution in [3.8, 4) is 0 Å². The maximum atomic E-state index is 11.8. The highest BCUT2D eigenvalue weighted by Crippen LogP contribution is 2.31. The summed E-state index contributed by atoms with van der Waals surface area (Å²) >= 11 is 0. The number of nitro groups is 4. The fourth-order valence-electron chi connectivity index (χ4n) is 4.73. The Bertz CT molecular complexity index is 2130. The molecule has 1 atom stereocenters. The highest BCUT2D eigenvalue weighted by molar-refractivity contribution is 6.05. The summed E-state index contributed by atoms with van der Waals surface area (Å²) in [7, 11) is 10.7. The summed E-state index contributed by atoms with van der Waals surface area (Å²) in [6.45, 7) is 3.23. The first kappa shape index (κ1) is 49.9. The molecule has 0 saturated heterocycles. The summed E-state index contributed by atoms with van der Waals surface area (Å²) < 4.78 is 24.0. The molecule has 4 rings (SSSR count). The first-order valence-corrected chi connectivity index (χ1v) is 16.5. The number of anilines is 1. The number of carbonyl (C=O) groups is 3. The van der Waals surface area contributed by atoms with Gasteiger partial charge in [-0.1, -0.05) is 0 Å². The zero-order valence-corrected chi connectivity index (χ0v) is 33.3. The number of aromatic carboxylic acids is 1. The van der Waals surface area contributed by atoms with Crippen molar-refractivity contribution in [2.24, 2.45) is 0 Å². The van der Waals surface area contributed by atoms with Gasteiger partial charge in [-0.2, -0.15) is 0 Å². The number of nitrogens with two attached hydrogens (primary N) is 1. The molecule has 24 heteroatoms. The molecule has 1 aromatic heterocycles. The van der Waals surface area contributed by atoms with E-state index in [4.69, 9.17) is 25.1 Å². The summed E-state index contributed by atoms with van der Waals surface area (Å²) in [5, 5.41) is 52.6. The topological polar surface area (TPSA) is 335 Å². The quantitative estimate of drug-likeness (QED) is 0.0522. The lowest BCUT2D eigenvalue weighted by Crippen LogP contribution is -2.25. The number of carbonyl (C=O) groups excluding carboxylic acids is 2. The average molecular weight is 834 g/mol. The Kier molecular flexibility index (Phi) is 19.6. The minimum atomic E-state index is -1.44. The Balaban J connectivity index is 0.000000418. The van der Waals surface area contributed by atoms with Gasteiger partial charge in [-0.05, 0) is 46.1 Å². The van der Waals surface area contributed by atoms with Crippen LogP contribution in [0.2, 0.25) is 0 Å². The van der Waals surface area contributed by atoms with Crippen molar-refractivity contribution < 1.29 is 62.9 Å². The number of carboxylic acids is 1. The SMILES string of the molecule is COC(=O)c1cc(N)cc2[nH]ccc12.COC(=O)c1cc([N+](=O)[O-])cc([N+](=O)[O-])c1CC(OC)OC.COC(C)N(C)C.Cc1c(C(=O)O)cc([N+](=O)[O-])cc1[N+](=O)[O-]. The van der Waals surface area contributed by atoms with Gasteiger partial charge in [0, 0.05) is 73.8 Å². The number of carboxylic acid groups (broad SMARTS) is 1. The highest BCUT2D eigenvalue weighted by atomic mass is 16.7. The Labute approximate surface area is 334 Å². The van der Waals surface area contributed by atoms with Crippen LogP contribution < -0.4 is 5.73 Å². The molecule has 0 aliphatic carbocycles. The first-order chi connectivity index (χ1) is 27.6. The van der Waals surface area contributed by atoms with Crippen molar-refractivity contribution >= 4 is 57.2 Å². The van der Waals surface area contributed by atoms with Gasteiger partial charge in [0.05, 0.1) is 62.7 Å². The molecule has 4 N–H and O–H groups in total. The normalized spacial score (nSPS) is 10.8. The number of fused-ring (bicyclic) bond motifs is 1. The van der Waals surface area contributed by atoms with Crippen molar-refractivity contribution in [3.63, 3.8) is 0 Å². The summed E-state index contributed by atoms with van der Waals surface area (Å²) in [4.78, 5) is 78.6. The van der Waals surface area contributed by atoms with Crippen molar-refractivity contribution in [2.45, 2.75) is 32.8 Å². The number of hydrogen-bond donors (Lipinski definition) is 3. The van der Waals surface area contributed by atoms with Crippen LogP contribution in [0.15, 0.2) is 48.7 Å². The van der Waals surface area contributed by atoms with E-state index < -0.39 is 66.2 Å². The number of non-ortho nitro benzene ring substituents is 2. The molecule has 0 radical (unpaired) electrons. The molecule has 320 valence electrons. The van der Waals surface area contributed by atoms with E-state index in [0.717, 1.165) is 42.3 Å². The number of nitro benzene ring substituents is 4. The van der Waals surface area contributed by atoms with E-state index in [9.17, 15) is 54.8 Å². The molecule has 3 aromatic carbocycles. The number of aromatic nitrogens is 1. The maximum absolute atomic E-state index is 11.8. The zero-order valence-electron chi connectivity index (χ0n) is 33.3. The molecule has 0 bridgehead atoms. The van der Waals surface area contributed by atoms with E-state index in [2.05, 4.69) is 14.5 Å². The zero-order chi connectivity index (χ0) is 45.3. The van der Waals surface area contributed by atoms with Crippen LogP contribution in [0.4, 0.5) is 28.4 Å². The van der Waals surface area contributed by atoms with Gasteiger partial charge in [0.2, 0.25) is 0 Å². The third-order valence-corrected chi connectivity index (χ3v) is 8.09. The molecular formula is C35H43N7O17. The highest BCUT2D eigenvalue weighted by Gasteiger charge is 2.30. The number of nitrogens with one attached hydrogen (secondary N) is 1. The molecule has 1 unspecified atom stereocenters. The van der Waals surface area contributed by atoms with Crippen molar-refractivity contribution in [1.82, 2.24) is 9.88 Å². The number of aromatic amines is 1. The number of rotatable bonds is 13. The summed E-state index contributed by atoms with van der Waals surface area (Å²) in [5.41, 5.74) is 4.28. The molecule has 0 spiro atoms. The molecule has 0 fully saturated rings. The molecule has 59 heavy (non-hydrogen) atoms. The van der Waals surface area contributed by atoms with Crippen molar-refractivity contribution in [1.29, 1.82) is 0 Å². The van der Waals surface area contributed by atoms with Gasteiger partial charge < -0.3 is 39.5 Å². The lowest BCUT2D eigenvalue weighted by molar-refractivity contribution is -0.394. The van der Waals surface area contributed by atoms with E-state index in [1.165, 1.54) is 28.3 Å². The van der Waals surface area contributed by atoms with Crippen molar-refractivity contribution in [2.75, 3.05) is 55.4 Å². The third kappa shape index (κ3) is 14.1. The Morgan fingerprint density at radius 1 is 0.746 bits per heavy atom. The number of esters is 2. The van der Waals surface area contributed by atoms with Crippen LogP contribution >= 0.6 is 0 Å². The fraction of sp³-hybridized carbons (Fsp3) is 0.343. The molecule has 0 saturated carbocycles. The van der Waals surface area contributed by atoms with E-state index in [1.807, 2.05) is 32.0 Å². The smallest absolute Gasteiger partial charge is 0.338 e. The Hall–Kier alpha value is -7.15. The molecule has 0 amide bonds. The van der Waals surface area contributed by atoms with Crippen LogP contribution in [0.5, 0.6) is 0 Å². The van der Waals surface area contributed by atoms with E-state index in [-0.39, 0.29) is 35.3 Å². The predicted octanol–water partition coefficient (Wildman–Crippen LogP) is 5.04. The summed E-state index contributed by atoms with van der Waals surface area (Å²) in [5.74, 6) is -2.74.